The summed E-state index contributed by atoms with van der Waals surface area (Å²) in [4.78, 5) is 12.7. The van der Waals surface area contributed by atoms with Crippen molar-refractivity contribution in [3.63, 3.8) is 0 Å². The van der Waals surface area contributed by atoms with E-state index in [9.17, 15) is 9.90 Å². The summed E-state index contributed by atoms with van der Waals surface area (Å²) in [7, 11) is 0. The maximum absolute atomic E-state index is 12.7. The van der Waals surface area contributed by atoms with Crippen molar-refractivity contribution in [2.75, 3.05) is 0 Å². The third-order valence-electron chi connectivity index (χ3n) is 4.55. The van der Waals surface area contributed by atoms with Crippen LogP contribution in [0.3, 0.4) is 0 Å². The molecule has 1 aliphatic carbocycles. The van der Waals surface area contributed by atoms with Gasteiger partial charge in [0.25, 0.3) is 0 Å². The van der Waals surface area contributed by atoms with Gasteiger partial charge in [-0.1, -0.05) is 54.1 Å². The van der Waals surface area contributed by atoms with E-state index in [2.05, 4.69) is 5.32 Å². The highest BCUT2D eigenvalue weighted by molar-refractivity contribution is 6.30. The Kier molecular flexibility index (Phi) is 4.42. The van der Waals surface area contributed by atoms with Crippen molar-refractivity contribution in [2.24, 2.45) is 0 Å². The largest absolute Gasteiger partial charge is 0.386 e. The first kappa shape index (κ1) is 16.0. The Morgan fingerprint density at radius 1 is 1.13 bits per heavy atom. The van der Waals surface area contributed by atoms with Gasteiger partial charge in [-0.15, -0.1) is 0 Å². The molecule has 0 bridgehead atoms. The van der Waals surface area contributed by atoms with Gasteiger partial charge in [-0.2, -0.15) is 0 Å². The molecule has 0 aliphatic heterocycles. The number of rotatable bonds is 5. The van der Waals surface area contributed by atoms with Crippen molar-refractivity contribution < 1.29 is 9.90 Å². The molecule has 1 saturated carbocycles. The third kappa shape index (κ3) is 3.26. The minimum Gasteiger partial charge on any atom is -0.386 e. The number of aliphatic hydroxyl groups excluding tert-OH is 1. The number of hydrogen-bond donors (Lipinski definition) is 2. The Bertz CT molecular complexity index is 680. The molecule has 2 atom stereocenters. The summed E-state index contributed by atoms with van der Waals surface area (Å²) in [5.74, 6) is -0.0256. The molecule has 0 heterocycles. The van der Waals surface area contributed by atoms with Gasteiger partial charge in [0.05, 0.1) is 17.6 Å². The van der Waals surface area contributed by atoms with Crippen LogP contribution in [-0.4, -0.2) is 17.1 Å². The fourth-order valence-electron chi connectivity index (χ4n) is 2.90. The molecule has 2 aromatic rings. The summed E-state index contributed by atoms with van der Waals surface area (Å²) in [6, 6.07) is 16.5. The van der Waals surface area contributed by atoms with E-state index < -0.39 is 11.5 Å². The van der Waals surface area contributed by atoms with Gasteiger partial charge >= 0.3 is 0 Å². The molecule has 3 rings (SSSR count). The first-order valence-corrected chi connectivity index (χ1v) is 8.21. The first-order valence-electron chi connectivity index (χ1n) is 7.83. The number of amides is 1. The fraction of sp³-hybridized carbons (Fsp3) is 0.316. The van der Waals surface area contributed by atoms with Crippen LogP contribution < -0.4 is 5.32 Å². The molecule has 1 fully saturated rings. The van der Waals surface area contributed by atoms with E-state index in [4.69, 9.17) is 11.6 Å². The van der Waals surface area contributed by atoms with Crippen molar-refractivity contribution in [3.05, 3.63) is 70.7 Å². The van der Waals surface area contributed by atoms with E-state index in [0.717, 1.165) is 24.0 Å². The zero-order valence-electron chi connectivity index (χ0n) is 13.0. The predicted octanol–water partition coefficient (Wildman–Crippen LogP) is 3.61. The van der Waals surface area contributed by atoms with Crippen LogP contribution in [0.2, 0.25) is 5.02 Å². The summed E-state index contributed by atoms with van der Waals surface area (Å²) in [6.07, 6.45) is 0.935. The average molecular weight is 330 g/mol. The Labute approximate surface area is 141 Å². The number of hydrogen-bond acceptors (Lipinski definition) is 2. The number of aliphatic hydroxyl groups is 1. The quantitative estimate of drug-likeness (QED) is 0.880. The fourth-order valence-corrected chi connectivity index (χ4v) is 3.03. The van der Waals surface area contributed by atoms with Crippen LogP contribution in [0, 0.1) is 0 Å². The third-order valence-corrected chi connectivity index (χ3v) is 4.81. The van der Waals surface area contributed by atoms with Gasteiger partial charge in [0.2, 0.25) is 5.91 Å². The molecule has 0 saturated heterocycles. The number of halogens is 1. The highest BCUT2D eigenvalue weighted by Crippen LogP contribution is 2.48. The predicted molar refractivity (Wildman–Crippen MR) is 91.4 cm³/mol. The molecule has 1 aliphatic rings. The van der Waals surface area contributed by atoms with Gasteiger partial charge in [0.15, 0.2) is 0 Å². The molecular weight excluding hydrogens is 310 g/mol. The van der Waals surface area contributed by atoms with E-state index >= 15 is 0 Å². The molecule has 23 heavy (non-hydrogen) atoms. The smallest absolute Gasteiger partial charge is 0.230 e. The monoisotopic (exact) mass is 329 g/mol. The van der Waals surface area contributed by atoms with Crippen molar-refractivity contribution >= 4 is 17.5 Å². The van der Waals surface area contributed by atoms with Crippen LogP contribution in [0.1, 0.15) is 37.0 Å². The lowest BCUT2D eigenvalue weighted by Crippen LogP contribution is -2.43. The molecule has 0 aromatic heterocycles. The summed E-state index contributed by atoms with van der Waals surface area (Å²) in [5.41, 5.74) is 1.33. The van der Waals surface area contributed by atoms with Gasteiger partial charge in [-0.05, 0) is 43.0 Å². The van der Waals surface area contributed by atoms with Gasteiger partial charge < -0.3 is 10.4 Å². The molecule has 120 valence electrons. The maximum Gasteiger partial charge on any atom is 0.230 e. The van der Waals surface area contributed by atoms with E-state index in [1.807, 2.05) is 61.5 Å². The van der Waals surface area contributed by atoms with E-state index in [1.165, 1.54) is 0 Å². The minimum atomic E-state index is -0.721. The van der Waals surface area contributed by atoms with Crippen LogP contribution in [-0.2, 0) is 10.2 Å². The molecule has 1 amide bonds. The second-order valence-electron chi connectivity index (χ2n) is 6.21. The summed E-state index contributed by atoms with van der Waals surface area (Å²) < 4.78 is 0. The first-order chi connectivity index (χ1) is 11.0. The molecule has 2 N–H and O–H groups in total. The van der Waals surface area contributed by atoms with Gasteiger partial charge in [0, 0.05) is 5.02 Å². The zero-order valence-corrected chi connectivity index (χ0v) is 13.8. The molecular formula is C19H20ClNO2. The van der Waals surface area contributed by atoms with E-state index in [0.29, 0.717) is 5.02 Å². The Morgan fingerprint density at radius 2 is 1.74 bits per heavy atom. The molecule has 0 spiro atoms. The topological polar surface area (TPSA) is 49.3 Å². The highest BCUT2D eigenvalue weighted by Gasteiger charge is 2.51. The zero-order chi connectivity index (χ0) is 16.4. The van der Waals surface area contributed by atoms with E-state index in [-0.39, 0.29) is 11.9 Å². The van der Waals surface area contributed by atoms with Gasteiger partial charge in [-0.3, -0.25) is 4.79 Å². The van der Waals surface area contributed by atoms with Crippen LogP contribution >= 0.6 is 11.6 Å². The maximum atomic E-state index is 12.7. The van der Waals surface area contributed by atoms with Crippen LogP contribution in [0.4, 0.5) is 0 Å². The standard InChI is InChI=1S/C19H20ClNO2/c1-13(17(22)14-5-3-2-4-6-14)21-18(23)19(11-12-19)15-7-9-16(20)10-8-15/h2-10,13,17,22H,11-12H2,1H3,(H,21,23). The molecule has 0 radical (unpaired) electrons. The summed E-state index contributed by atoms with van der Waals surface area (Å²) >= 11 is 5.92. The number of benzene rings is 2. The number of carbonyl (C=O) groups is 1. The minimum absolute atomic E-state index is 0.0256. The lowest BCUT2D eigenvalue weighted by Gasteiger charge is -2.24. The molecule has 2 unspecified atom stereocenters. The number of nitrogens with one attached hydrogen (secondary N) is 1. The lowest BCUT2D eigenvalue weighted by atomic mass is 9.94. The van der Waals surface area contributed by atoms with E-state index in [1.54, 1.807) is 0 Å². The van der Waals surface area contributed by atoms with Crippen molar-refractivity contribution in [3.8, 4) is 0 Å². The van der Waals surface area contributed by atoms with Crippen LogP contribution in [0.5, 0.6) is 0 Å². The summed E-state index contributed by atoms with van der Waals surface area (Å²) in [5, 5.41) is 14.0. The van der Waals surface area contributed by atoms with Crippen LogP contribution in [0.15, 0.2) is 54.6 Å². The number of carbonyl (C=O) groups excluding carboxylic acids is 1. The second kappa shape index (κ2) is 6.34. The molecule has 4 heteroatoms. The van der Waals surface area contributed by atoms with Gasteiger partial charge in [0.1, 0.15) is 0 Å². The van der Waals surface area contributed by atoms with Crippen molar-refractivity contribution in [1.29, 1.82) is 0 Å². The second-order valence-corrected chi connectivity index (χ2v) is 6.64. The summed E-state index contributed by atoms with van der Waals surface area (Å²) in [6.45, 7) is 1.83. The Hall–Kier alpha value is -1.84. The van der Waals surface area contributed by atoms with Crippen molar-refractivity contribution in [1.82, 2.24) is 5.32 Å². The SMILES string of the molecule is CC(NC(=O)C1(c2ccc(Cl)cc2)CC1)C(O)c1ccccc1. The molecule has 3 nitrogen and oxygen atoms in total. The lowest BCUT2D eigenvalue weighted by molar-refractivity contribution is -0.125. The average Bonchev–Trinajstić information content (AvgIpc) is 3.37. The molecule has 2 aromatic carbocycles. The highest BCUT2D eigenvalue weighted by atomic mass is 35.5. The normalized spacial score (nSPS) is 18.0. The van der Waals surface area contributed by atoms with Gasteiger partial charge in [-0.25, -0.2) is 0 Å². The van der Waals surface area contributed by atoms with Crippen LogP contribution in [0.25, 0.3) is 0 Å². The Morgan fingerprint density at radius 3 is 2.30 bits per heavy atom. The van der Waals surface area contributed by atoms with Crippen molar-refractivity contribution in [2.45, 2.75) is 37.3 Å². The Balaban J connectivity index is 1.70.